The third-order valence-electron chi connectivity index (χ3n) is 3.88. The number of hydrogen-bond acceptors (Lipinski definition) is 3. The van der Waals surface area contributed by atoms with Crippen LogP contribution in [0.2, 0.25) is 0 Å². The zero-order valence-electron chi connectivity index (χ0n) is 14.2. The van der Waals surface area contributed by atoms with Crippen molar-refractivity contribution >= 4 is 5.91 Å². The van der Waals surface area contributed by atoms with E-state index >= 15 is 0 Å². The summed E-state index contributed by atoms with van der Waals surface area (Å²) >= 11 is 0. The van der Waals surface area contributed by atoms with Gasteiger partial charge in [-0.3, -0.25) is 9.78 Å². The van der Waals surface area contributed by atoms with Crippen LogP contribution < -0.4 is 10.6 Å². The highest BCUT2D eigenvalue weighted by Gasteiger charge is 2.15. The molecule has 0 atom stereocenters. The van der Waals surface area contributed by atoms with Crippen LogP contribution in [0.15, 0.2) is 30.5 Å². The molecule has 2 heterocycles. The monoisotopic (exact) mass is 314 g/mol. The molecule has 2 aromatic rings. The summed E-state index contributed by atoms with van der Waals surface area (Å²) < 4.78 is 2.13. The smallest absolute Gasteiger partial charge is 0.253 e. The summed E-state index contributed by atoms with van der Waals surface area (Å²) in [5.74, 6) is -0.0105. The number of amides is 1. The molecule has 1 amide bonds. The van der Waals surface area contributed by atoms with Crippen LogP contribution in [0.3, 0.4) is 0 Å². The quantitative estimate of drug-likeness (QED) is 0.735. The molecule has 124 valence electrons. The number of pyridine rings is 1. The Kier molecular flexibility index (Phi) is 6.35. The Hall–Kier alpha value is -2.14. The number of carbonyl (C=O) groups is 1. The molecule has 5 heteroatoms. The molecular weight excluding hydrogens is 288 g/mol. The van der Waals surface area contributed by atoms with Crippen molar-refractivity contribution in [3.05, 3.63) is 53.1 Å². The van der Waals surface area contributed by atoms with Gasteiger partial charge in [-0.25, -0.2) is 0 Å². The molecule has 0 saturated heterocycles. The second-order valence-corrected chi connectivity index (χ2v) is 5.70. The van der Waals surface area contributed by atoms with Gasteiger partial charge in [0.25, 0.3) is 5.91 Å². The molecule has 0 unspecified atom stereocenters. The molecule has 0 radical (unpaired) electrons. The van der Waals surface area contributed by atoms with Crippen LogP contribution in [-0.2, 0) is 6.54 Å². The molecule has 0 spiro atoms. The Morgan fingerprint density at radius 3 is 2.74 bits per heavy atom. The van der Waals surface area contributed by atoms with Crippen LogP contribution in [0.4, 0.5) is 0 Å². The fourth-order valence-corrected chi connectivity index (χ4v) is 2.59. The van der Waals surface area contributed by atoms with Gasteiger partial charge in [-0.05, 0) is 45.0 Å². The van der Waals surface area contributed by atoms with Crippen molar-refractivity contribution in [2.75, 3.05) is 19.6 Å². The molecule has 23 heavy (non-hydrogen) atoms. The zero-order valence-corrected chi connectivity index (χ0v) is 14.2. The third kappa shape index (κ3) is 4.66. The zero-order chi connectivity index (χ0) is 16.7. The predicted molar refractivity (Wildman–Crippen MR) is 92.7 cm³/mol. The van der Waals surface area contributed by atoms with Gasteiger partial charge >= 0.3 is 0 Å². The number of rotatable bonds is 8. The van der Waals surface area contributed by atoms with Gasteiger partial charge in [0.15, 0.2) is 0 Å². The lowest BCUT2D eigenvalue weighted by atomic mass is 10.2. The van der Waals surface area contributed by atoms with E-state index in [0.717, 1.165) is 42.2 Å². The average molecular weight is 314 g/mol. The van der Waals surface area contributed by atoms with Crippen LogP contribution in [0.1, 0.15) is 40.8 Å². The van der Waals surface area contributed by atoms with Crippen molar-refractivity contribution in [1.29, 1.82) is 0 Å². The van der Waals surface area contributed by atoms with E-state index in [9.17, 15) is 4.79 Å². The Morgan fingerprint density at radius 2 is 2.04 bits per heavy atom. The van der Waals surface area contributed by atoms with Crippen LogP contribution in [0, 0.1) is 13.8 Å². The molecule has 0 aliphatic heterocycles. The van der Waals surface area contributed by atoms with E-state index in [1.165, 1.54) is 0 Å². The highest BCUT2D eigenvalue weighted by molar-refractivity contribution is 5.95. The summed E-state index contributed by atoms with van der Waals surface area (Å²) in [6.45, 7) is 9.24. The molecule has 0 fully saturated rings. The van der Waals surface area contributed by atoms with Crippen molar-refractivity contribution in [1.82, 2.24) is 20.2 Å². The minimum absolute atomic E-state index is 0.0105. The summed E-state index contributed by atoms with van der Waals surface area (Å²) in [6.07, 6.45) is 2.89. The number of nitrogens with one attached hydrogen (secondary N) is 2. The number of carbonyl (C=O) groups excluding carboxylic acids is 1. The van der Waals surface area contributed by atoms with E-state index in [-0.39, 0.29) is 5.91 Å². The maximum Gasteiger partial charge on any atom is 0.253 e. The highest BCUT2D eigenvalue weighted by Crippen LogP contribution is 2.16. The van der Waals surface area contributed by atoms with E-state index in [2.05, 4.69) is 27.1 Å². The maximum absolute atomic E-state index is 12.3. The van der Waals surface area contributed by atoms with Crippen molar-refractivity contribution in [2.45, 2.75) is 33.7 Å². The molecule has 0 aliphatic carbocycles. The van der Waals surface area contributed by atoms with Gasteiger partial charge in [-0.1, -0.05) is 13.0 Å². The largest absolute Gasteiger partial charge is 0.351 e. The summed E-state index contributed by atoms with van der Waals surface area (Å²) in [5.41, 5.74) is 3.79. The number of aryl methyl sites for hydroxylation is 1. The van der Waals surface area contributed by atoms with E-state index in [4.69, 9.17) is 0 Å². The molecule has 2 rings (SSSR count). The SMILES string of the molecule is CCCNCCNC(=O)c1cc(C)n(Cc2ccccn2)c1C. The molecule has 2 N–H and O–H groups in total. The highest BCUT2D eigenvalue weighted by atomic mass is 16.1. The molecule has 0 aromatic carbocycles. The molecule has 0 bridgehead atoms. The lowest BCUT2D eigenvalue weighted by molar-refractivity contribution is 0.0953. The third-order valence-corrected chi connectivity index (χ3v) is 3.88. The standard InChI is InChI=1S/C18H26N4O/c1-4-8-19-10-11-21-18(23)17-12-14(2)22(15(17)3)13-16-7-5-6-9-20-16/h5-7,9,12,19H,4,8,10-11,13H2,1-3H3,(H,21,23). The first-order chi connectivity index (χ1) is 11.1. The van der Waals surface area contributed by atoms with Gasteiger partial charge in [0, 0.05) is 30.7 Å². The first kappa shape index (κ1) is 17.2. The summed E-state index contributed by atoms with van der Waals surface area (Å²) in [6, 6.07) is 7.84. The number of hydrogen-bond donors (Lipinski definition) is 2. The van der Waals surface area contributed by atoms with Crippen molar-refractivity contribution in [2.24, 2.45) is 0 Å². The van der Waals surface area contributed by atoms with Gasteiger partial charge < -0.3 is 15.2 Å². The average Bonchev–Trinajstić information content (AvgIpc) is 2.84. The van der Waals surface area contributed by atoms with E-state index in [0.29, 0.717) is 13.1 Å². The lowest BCUT2D eigenvalue weighted by Gasteiger charge is -2.10. The minimum atomic E-state index is -0.0105. The van der Waals surface area contributed by atoms with Gasteiger partial charge in [0.05, 0.1) is 17.8 Å². The predicted octanol–water partition coefficient (Wildman–Crippen LogP) is 2.28. The van der Waals surface area contributed by atoms with Crippen LogP contribution >= 0.6 is 0 Å². The Bertz CT molecular complexity index is 634. The van der Waals surface area contributed by atoms with Gasteiger partial charge in [-0.2, -0.15) is 0 Å². The summed E-state index contributed by atoms with van der Waals surface area (Å²) in [5, 5.41) is 6.25. The second-order valence-electron chi connectivity index (χ2n) is 5.70. The lowest BCUT2D eigenvalue weighted by Crippen LogP contribution is -2.32. The molecular formula is C18H26N4O. The molecule has 0 saturated carbocycles. The topological polar surface area (TPSA) is 58.9 Å². The van der Waals surface area contributed by atoms with E-state index in [1.54, 1.807) is 6.20 Å². The first-order valence-corrected chi connectivity index (χ1v) is 8.19. The van der Waals surface area contributed by atoms with Crippen molar-refractivity contribution in [3.8, 4) is 0 Å². The van der Waals surface area contributed by atoms with Gasteiger partial charge in [0.2, 0.25) is 0 Å². The number of nitrogens with zero attached hydrogens (tertiary/aromatic N) is 2. The van der Waals surface area contributed by atoms with E-state index in [1.807, 2.05) is 38.1 Å². The Balaban J connectivity index is 2.00. The van der Waals surface area contributed by atoms with Crippen molar-refractivity contribution in [3.63, 3.8) is 0 Å². The Morgan fingerprint density at radius 1 is 1.22 bits per heavy atom. The molecule has 0 aliphatic rings. The van der Waals surface area contributed by atoms with Crippen LogP contribution in [0.5, 0.6) is 0 Å². The van der Waals surface area contributed by atoms with Crippen LogP contribution in [-0.4, -0.2) is 35.1 Å². The minimum Gasteiger partial charge on any atom is -0.351 e. The molecule has 5 nitrogen and oxygen atoms in total. The first-order valence-electron chi connectivity index (χ1n) is 8.19. The summed E-state index contributed by atoms with van der Waals surface area (Å²) in [4.78, 5) is 16.7. The Labute approximate surface area is 138 Å². The molecule has 2 aromatic heterocycles. The van der Waals surface area contributed by atoms with Crippen LogP contribution in [0.25, 0.3) is 0 Å². The second kappa shape index (κ2) is 8.48. The van der Waals surface area contributed by atoms with Crippen molar-refractivity contribution < 1.29 is 4.79 Å². The fraction of sp³-hybridized carbons (Fsp3) is 0.444. The summed E-state index contributed by atoms with van der Waals surface area (Å²) in [7, 11) is 0. The fourth-order valence-electron chi connectivity index (χ4n) is 2.59. The maximum atomic E-state index is 12.3. The van der Waals surface area contributed by atoms with Gasteiger partial charge in [0.1, 0.15) is 0 Å². The number of aromatic nitrogens is 2. The van der Waals surface area contributed by atoms with E-state index < -0.39 is 0 Å². The normalized spacial score (nSPS) is 10.7. The van der Waals surface area contributed by atoms with Gasteiger partial charge in [-0.15, -0.1) is 0 Å².